The maximum atomic E-state index is 13.7. The van der Waals surface area contributed by atoms with Crippen molar-refractivity contribution >= 4 is 0 Å². The summed E-state index contributed by atoms with van der Waals surface area (Å²) < 4.78 is 19.5. The van der Waals surface area contributed by atoms with Crippen molar-refractivity contribution < 1.29 is 9.13 Å². The van der Waals surface area contributed by atoms with E-state index in [2.05, 4.69) is 18.8 Å². The Hall–Kier alpha value is -1.53. The first-order valence-corrected chi connectivity index (χ1v) is 6.84. The second kappa shape index (κ2) is 6.58. The van der Waals surface area contributed by atoms with Crippen LogP contribution < -0.4 is 10.5 Å². The van der Waals surface area contributed by atoms with Gasteiger partial charge in [-0.05, 0) is 49.8 Å². The fraction of sp³-hybridized carbons (Fsp3) is 0.500. The summed E-state index contributed by atoms with van der Waals surface area (Å²) in [5.74, 6) is 6.40. The third kappa shape index (κ3) is 3.97. The van der Waals surface area contributed by atoms with E-state index < -0.39 is 0 Å². The molecule has 1 aliphatic rings. The molecule has 0 atom stereocenters. The lowest BCUT2D eigenvalue weighted by molar-refractivity contribution is 0.130. The molecule has 1 aliphatic carbocycles. The number of hydrogen-bond acceptors (Lipinski definition) is 2. The molecule has 0 spiro atoms. The zero-order valence-electron chi connectivity index (χ0n) is 11.3. The Morgan fingerprint density at radius 1 is 1.32 bits per heavy atom. The van der Waals surface area contributed by atoms with E-state index in [0.717, 1.165) is 37.2 Å². The first-order chi connectivity index (χ1) is 9.19. The zero-order valence-corrected chi connectivity index (χ0v) is 11.3. The van der Waals surface area contributed by atoms with Crippen molar-refractivity contribution in [3.8, 4) is 17.6 Å². The van der Waals surface area contributed by atoms with Crippen molar-refractivity contribution in [2.75, 3.05) is 6.54 Å². The molecule has 1 fully saturated rings. The first kappa shape index (κ1) is 13.9. The summed E-state index contributed by atoms with van der Waals surface area (Å²) in [7, 11) is 0. The van der Waals surface area contributed by atoms with Gasteiger partial charge in [-0.15, -0.1) is 0 Å². The maximum Gasteiger partial charge on any atom is 0.165 e. The molecule has 2 rings (SSSR count). The lowest BCUT2D eigenvalue weighted by Crippen LogP contribution is -2.23. The highest BCUT2D eigenvalue weighted by Crippen LogP contribution is 2.28. The van der Waals surface area contributed by atoms with Crippen LogP contribution in [0.2, 0.25) is 0 Å². The van der Waals surface area contributed by atoms with E-state index in [1.807, 2.05) is 0 Å². The van der Waals surface area contributed by atoms with E-state index in [4.69, 9.17) is 10.5 Å². The average Bonchev–Trinajstić information content (AvgIpc) is 2.42. The van der Waals surface area contributed by atoms with E-state index in [9.17, 15) is 4.39 Å². The van der Waals surface area contributed by atoms with Crippen LogP contribution in [0.25, 0.3) is 0 Å². The number of benzene rings is 1. The Labute approximate surface area is 114 Å². The van der Waals surface area contributed by atoms with Gasteiger partial charge in [0.2, 0.25) is 0 Å². The fourth-order valence-electron chi connectivity index (χ4n) is 2.35. The first-order valence-electron chi connectivity index (χ1n) is 6.84. The van der Waals surface area contributed by atoms with Gasteiger partial charge in [-0.2, -0.15) is 0 Å². The standard InChI is InChI=1S/C16H20FNO/c1-12-4-7-14(8-5-12)19-16-11-13(3-2-10-18)6-9-15(16)17/h6,9,11-12,14H,4-5,7-8,10,18H2,1H3. The normalized spacial score (nSPS) is 22.5. The Kier molecular flexibility index (Phi) is 4.81. The number of ether oxygens (including phenoxy) is 1. The molecular weight excluding hydrogens is 241 g/mol. The molecule has 0 aromatic heterocycles. The van der Waals surface area contributed by atoms with Crippen LogP contribution in [0.5, 0.6) is 5.75 Å². The lowest BCUT2D eigenvalue weighted by atomic mass is 9.89. The van der Waals surface area contributed by atoms with Crippen LogP contribution in [0.4, 0.5) is 4.39 Å². The third-order valence-corrected chi connectivity index (χ3v) is 3.52. The van der Waals surface area contributed by atoms with Crippen molar-refractivity contribution in [3.63, 3.8) is 0 Å². The average molecular weight is 261 g/mol. The summed E-state index contributed by atoms with van der Waals surface area (Å²) in [6.45, 7) is 2.55. The molecule has 2 N–H and O–H groups in total. The van der Waals surface area contributed by atoms with Crippen LogP contribution in [0.1, 0.15) is 38.2 Å². The van der Waals surface area contributed by atoms with Crippen LogP contribution in [0.15, 0.2) is 18.2 Å². The molecule has 1 aromatic rings. The molecule has 1 saturated carbocycles. The summed E-state index contributed by atoms with van der Waals surface area (Å²) in [6, 6.07) is 4.71. The second-order valence-corrected chi connectivity index (χ2v) is 5.15. The summed E-state index contributed by atoms with van der Waals surface area (Å²) in [6.07, 6.45) is 4.43. The van der Waals surface area contributed by atoms with Crippen LogP contribution in [-0.4, -0.2) is 12.6 Å². The highest BCUT2D eigenvalue weighted by atomic mass is 19.1. The van der Waals surface area contributed by atoms with Gasteiger partial charge in [0.25, 0.3) is 0 Å². The number of halogens is 1. The molecule has 0 amide bonds. The third-order valence-electron chi connectivity index (χ3n) is 3.52. The van der Waals surface area contributed by atoms with Gasteiger partial charge < -0.3 is 10.5 Å². The van der Waals surface area contributed by atoms with E-state index in [0.29, 0.717) is 12.3 Å². The lowest BCUT2D eigenvalue weighted by Gasteiger charge is -2.27. The number of nitrogens with two attached hydrogens (primary N) is 1. The minimum Gasteiger partial charge on any atom is -0.487 e. The van der Waals surface area contributed by atoms with Crippen LogP contribution >= 0.6 is 0 Å². The van der Waals surface area contributed by atoms with Gasteiger partial charge in [-0.25, -0.2) is 4.39 Å². The predicted molar refractivity (Wildman–Crippen MR) is 74.4 cm³/mol. The monoisotopic (exact) mass is 261 g/mol. The highest BCUT2D eigenvalue weighted by Gasteiger charge is 2.20. The predicted octanol–water partition coefficient (Wildman–Crippen LogP) is 3.09. The molecular formula is C16H20FNO. The Balaban J connectivity index is 2.06. The number of hydrogen-bond donors (Lipinski definition) is 1. The van der Waals surface area contributed by atoms with Crippen molar-refractivity contribution in [1.29, 1.82) is 0 Å². The van der Waals surface area contributed by atoms with Gasteiger partial charge in [0.15, 0.2) is 11.6 Å². The van der Waals surface area contributed by atoms with Crippen LogP contribution in [0, 0.1) is 23.6 Å². The van der Waals surface area contributed by atoms with Crippen molar-refractivity contribution in [1.82, 2.24) is 0 Å². The van der Waals surface area contributed by atoms with E-state index >= 15 is 0 Å². The SMILES string of the molecule is CC1CCC(Oc2cc(C#CCN)ccc2F)CC1. The molecule has 0 heterocycles. The molecule has 0 unspecified atom stereocenters. The Morgan fingerprint density at radius 2 is 2.05 bits per heavy atom. The van der Waals surface area contributed by atoms with Crippen molar-refractivity contribution in [3.05, 3.63) is 29.6 Å². The van der Waals surface area contributed by atoms with Crippen LogP contribution in [-0.2, 0) is 0 Å². The quantitative estimate of drug-likeness (QED) is 0.830. The molecule has 2 nitrogen and oxygen atoms in total. The largest absolute Gasteiger partial charge is 0.487 e. The molecule has 0 bridgehead atoms. The smallest absolute Gasteiger partial charge is 0.165 e. The molecule has 0 saturated heterocycles. The zero-order chi connectivity index (χ0) is 13.7. The molecule has 19 heavy (non-hydrogen) atoms. The second-order valence-electron chi connectivity index (χ2n) is 5.15. The molecule has 0 aliphatic heterocycles. The van der Waals surface area contributed by atoms with E-state index in [1.165, 1.54) is 6.07 Å². The van der Waals surface area contributed by atoms with Crippen molar-refractivity contribution in [2.45, 2.75) is 38.7 Å². The van der Waals surface area contributed by atoms with E-state index in [-0.39, 0.29) is 11.9 Å². The fourth-order valence-corrected chi connectivity index (χ4v) is 2.35. The molecule has 3 heteroatoms. The van der Waals surface area contributed by atoms with Gasteiger partial charge in [0, 0.05) is 5.56 Å². The number of rotatable bonds is 2. The topological polar surface area (TPSA) is 35.2 Å². The summed E-state index contributed by atoms with van der Waals surface area (Å²) in [5, 5.41) is 0. The van der Waals surface area contributed by atoms with Gasteiger partial charge in [-0.1, -0.05) is 18.8 Å². The maximum absolute atomic E-state index is 13.7. The minimum absolute atomic E-state index is 0.128. The minimum atomic E-state index is -0.322. The Morgan fingerprint density at radius 3 is 2.74 bits per heavy atom. The van der Waals surface area contributed by atoms with E-state index in [1.54, 1.807) is 12.1 Å². The summed E-state index contributed by atoms with van der Waals surface area (Å²) in [4.78, 5) is 0. The molecule has 1 aromatic carbocycles. The molecule has 0 radical (unpaired) electrons. The Bertz CT molecular complexity index is 481. The van der Waals surface area contributed by atoms with Gasteiger partial charge in [0.1, 0.15) is 0 Å². The van der Waals surface area contributed by atoms with Gasteiger partial charge in [-0.3, -0.25) is 0 Å². The molecule has 102 valence electrons. The summed E-state index contributed by atoms with van der Waals surface area (Å²) in [5.41, 5.74) is 6.07. The van der Waals surface area contributed by atoms with Crippen LogP contribution in [0.3, 0.4) is 0 Å². The van der Waals surface area contributed by atoms with Gasteiger partial charge in [0.05, 0.1) is 12.6 Å². The van der Waals surface area contributed by atoms with Crippen molar-refractivity contribution in [2.24, 2.45) is 11.7 Å². The van der Waals surface area contributed by atoms with Gasteiger partial charge >= 0.3 is 0 Å². The highest BCUT2D eigenvalue weighted by molar-refractivity contribution is 5.40. The summed E-state index contributed by atoms with van der Waals surface area (Å²) >= 11 is 0.